The summed E-state index contributed by atoms with van der Waals surface area (Å²) in [5.41, 5.74) is 1.57. The Morgan fingerprint density at radius 1 is 1.13 bits per heavy atom. The van der Waals surface area contributed by atoms with Gasteiger partial charge >= 0.3 is 0 Å². The topological polar surface area (TPSA) is 36.4 Å². The van der Waals surface area contributed by atoms with Gasteiger partial charge in [0, 0.05) is 0 Å². The molecule has 1 heterocycles. The smallest absolute Gasteiger partial charge is 0.123 e. The molecule has 2 nitrogen and oxygen atoms in total. The molecule has 0 saturated carbocycles. The van der Waals surface area contributed by atoms with Crippen LogP contribution in [0.25, 0.3) is 10.8 Å². The molecule has 2 heteroatoms. The summed E-state index contributed by atoms with van der Waals surface area (Å²) >= 11 is 0. The van der Waals surface area contributed by atoms with E-state index in [0.717, 1.165) is 5.56 Å². The van der Waals surface area contributed by atoms with Gasteiger partial charge in [-0.25, -0.2) is 0 Å². The molecule has 2 aromatic rings. The van der Waals surface area contributed by atoms with Gasteiger partial charge in [-0.3, -0.25) is 0 Å². The van der Waals surface area contributed by atoms with Crippen molar-refractivity contribution in [2.24, 2.45) is 0 Å². The maximum absolute atomic E-state index is 7.90. The van der Waals surface area contributed by atoms with Crippen LogP contribution >= 0.6 is 0 Å². The van der Waals surface area contributed by atoms with Crippen molar-refractivity contribution in [3.8, 4) is 0 Å². The SMILES string of the molecule is N=C(c1ccc2ccccc2c1)C1CO1. The van der Waals surface area contributed by atoms with Gasteiger partial charge in [0.15, 0.2) is 0 Å². The number of rotatable bonds is 2. The second-order valence-corrected chi connectivity index (χ2v) is 3.80. The van der Waals surface area contributed by atoms with Gasteiger partial charge in [0.1, 0.15) is 6.10 Å². The van der Waals surface area contributed by atoms with Crippen LogP contribution in [0.15, 0.2) is 42.5 Å². The Morgan fingerprint density at radius 2 is 1.87 bits per heavy atom. The van der Waals surface area contributed by atoms with Gasteiger partial charge in [-0.05, 0) is 22.4 Å². The van der Waals surface area contributed by atoms with Gasteiger partial charge in [0.25, 0.3) is 0 Å². The zero-order chi connectivity index (χ0) is 10.3. The van der Waals surface area contributed by atoms with Gasteiger partial charge in [0.2, 0.25) is 0 Å². The average molecular weight is 197 g/mol. The molecule has 3 rings (SSSR count). The molecule has 15 heavy (non-hydrogen) atoms. The van der Waals surface area contributed by atoms with Gasteiger partial charge < -0.3 is 10.1 Å². The van der Waals surface area contributed by atoms with Crippen molar-refractivity contribution >= 4 is 16.5 Å². The zero-order valence-electron chi connectivity index (χ0n) is 8.23. The lowest BCUT2D eigenvalue weighted by Crippen LogP contribution is -2.06. The first-order valence-corrected chi connectivity index (χ1v) is 5.04. The first kappa shape index (κ1) is 8.62. The molecule has 1 aliphatic rings. The number of ether oxygens (including phenoxy) is 1. The Hall–Kier alpha value is -1.67. The molecule has 0 aromatic heterocycles. The van der Waals surface area contributed by atoms with Crippen molar-refractivity contribution in [2.45, 2.75) is 6.10 Å². The Balaban J connectivity index is 2.09. The number of hydrogen-bond acceptors (Lipinski definition) is 2. The fourth-order valence-corrected chi connectivity index (χ4v) is 1.76. The summed E-state index contributed by atoms with van der Waals surface area (Å²) in [6.45, 7) is 0.700. The monoisotopic (exact) mass is 197 g/mol. The lowest BCUT2D eigenvalue weighted by Gasteiger charge is -2.02. The van der Waals surface area contributed by atoms with E-state index in [0.29, 0.717) is 12.3 Å². The second-order valence-electron chi connectivity index (χ2n) is 3.80. The van der Waals surface area contributed by atoms with E-state index in [2.05, 4.69) is 24.3 Å². The number of epoxide rings is 1. The lowest BCUT2D eigenvalue weighted by atomic mass is 10.0. The first-order valence-electron chi connectivity index (χ1n) is 5.04. The molecule has 1 N–H and O–H groups in total. The van der Waals surface area contributed by atoms with Gasteiger partial charge in [-0.15, -0.1) is 0 Å². The van der Waals surface area contributed by atoms with Crippen molar-refractivity contribution in [1.82, 2.24) is 0 Å². The molecule has 74 valence electrons. The number of nitrogens with one attached hydrogen (secondary N) is 1. The van der Waals surface area contributed by atoms with Crippen LogP contribution in [0.2, 0.25) is 0 Å². The predicted octanol–water partition coefficient (Wildman–Crippen LogP) is 2.61. The number of benzene rings is 2. The molecule has 0 aliphatic carbocycles. The zero-order valence-corrected chi connectivity index (χ0v) is 8.23. The highest BCUT2D eigenvalue weighted by atomic mass is 16.6. The number of hydrogen-bond donors (Lipinski definition) is 1. The average Bonchev–Trinajstić information content (AvgIpc) is 3.11. The first-order chi connectivity index (χ1) is 7.34. The Bertz CT molecular complexity index is 529. The van der Waals surface area contributed by atoms with Crippen LogP contribution < -0.4 is 0 Å². The van der Waals surface area contributed by atoms with Crippen LogP contribution in [-0.2, 0) is 4.74 Å². The highest BCUT2D eigenvalue weighted by molar-refractivity contribution is 6.05. The van der Waals surface area contributed by atoms with Crippen LogP contribution in [-0.4, -0.2) is 18.4 Å². The quantitative estimate of drug-likeness (QED) is 0.583. The number of fused-ring (bicyclic) bond motifs is 1. The van der Waals surface area contributed by atoms with E-state index in [9.17, 15) is 0 Å². The highest BCUT2D eigenvalue weighted by Gasteiger charge is 2.28. The van der Waals surface area contributed by atoms with Crippen LogP contribution in [0, 0.1) is 5.41 Å². The fourth-order valence-electron chi connectivity index (χ4n) is 1.76. The van der Waals surface area contributed by atoms with E-state index < -0.39 is 0 Å². The van der Waals surface area contributed by atoms with Gasteiger partial charge in [-0.1, -0.05) is 36.4 Å². The second kappa shape index (κ2) is 3.17. The molecule has 2 aromatic carbocycles. The van der Waals surface area contributed by atoms with E-state index in [1.807, 2.05) is 18.2 Å². The Morgan fingerprint density at radius 3 is 2.60 bits per heavy atom. The highest BCUT2D eigenvalue weighted by Crippen LogP contribution is 2.20. The summed E-state index contributed by atoms with van der Waals surface area (Å²) in [5, 5.41) is 10.3. The standard InChI is InChI=1S/C13H11NO/c14-13(12-8-15-12)11-6-5-9-3-1-2-4-10(9)7-11/h1-7,12,14H,8H2. The van der Waals surface area contributed by atoms with E-state index >= 15 is 0 Å². The van der Waals surface area contributed by atoms with Gasteiger partial charge in [-0.2, -0.15) is 0 Å². The third-order valence-corrected chi connectivity index (χ3v) is 2.72. The van der Waals surface area contributed by atoms with Crippen molar-refractivity contribution in [1.29, 1.82) is 5.41 Å². The normalized spacial score (nSPS) is 19.1. The maximum atomic E-state index is 7.90. The molecular weight excluding hydrogens is 186 g/mol. The van der Waals surface area contributed by atoms with Crippen LogP contribution in [0.3, 0.4) is 0 Å². The molecular formula is C13H11NO. The summed E-state index contributed by atoms with van der Waals surface area (Å²) in [7, 11) is 0. The van der Waals surface area contributed by atoms with Gasteiger partial charge in [0.05, 0.1) is 12.3 Å². The van der Waals surface area contributed by atoms with E-state index in [-0.39, 0.29) is 6.10 Å². The maximum Gasteiger partial charge on any atom is 0.123 e. The van der Waals surface area contributed by atoms with Crippen LogP contribution in [0.1, 0.15) is 5.56 Å². The molecule has 0 radical (unpaired) electrons. The summed E-state index contributed by atoms with van der Waals surface area (Å²) in [6, 6.07) is 14.3. The van der Waals surface area contributed by atoms with E-state index in [1.54, 1.807) is 0 Å². The van der Waals surface area contributed by atoms with Crippen LogP contribution in [0.4, 0.5) is 0 Å². The van der Waals surface area contributed by atoms with Crippen molar-refractivity contribution < 1.29 is 4.74 Å². The summed E-state index contributed by atoms with van der Waals surface area (Å²) in [6.07, 6.45) is 0.0335. The minimum Gasteiger partial charge on any atom is -0.366 e. The molecule has 0 spiro atoms. The molecule has 1 saturated heterocycles. The third-order valence-electron chi connectivity index (χ3n) is 2.72. The third kappa shape index (κ3) is 1.53. The molecule has 1 atom stereocenters. The lowest BCUT2D eigenvalue weighted by molar-refractivity contribution is 0.449. The molecule has 1 fully saturated rings. The minimum atomic E-state index is 0.0335. The molecule has 1 unspecified atom stereocenters. The van der Waals surface area contributed by atoms with Crippen molar-refractivity contribution in [2.75, 3.05) is 6.61 Å². The molecule has 0 bridgehead atoms. The molecule has 1 aliphatic heterocycles. The van der Waals surface area contributed by atoms with Crippen LogP contribution in [0.5, 0.6) is 0 Å². The Kier molecular flexibility index (Phi) is 1.82. The van der Waals surface area contributed by atoms with E-state index in [1.165, 1.54) is 10.8 Å². The fraction of sp³-hybridized carbons (Fsp3) is 0.154. The largest absolute Gasteiger partial charge is 0.366 e. The summed E-state index contributed by atoms with van der Waals surface area (Å²) in [5.74, 6) is 0. The molecule has 0 amide bonds. The predicted molar refractivity (Wildman–Crippen MR) is 60.5 cm³/mol. The van der Waals surface area contributed by atoms with E-state index in [4.69, 9.17) is 10.1 Å². The summed E-state index contributed by atoms with van der Waals surface area (Å²) in [4.78, 5) is 0. The Labute approximate surface area is 88.0 Å². The van der Waals surface area contributed by atoms with Crippen molar-refractivity contribution in [3.63, 3.8) is 0 Å². The van der Waals surface area contributed by atoms with Crippen molar-refractivity contribution in [3.05, 3.63) is 48.0 Å². The minimum absolute atomic E-state index is 0.0335. The summed E-state index contributed by atoms with van der Waals surface area (Å²) < 4.78 is 5.11.